The molecule has 10 heteroatoms. The summed E-state index contributed by atoms with van der Waals surface area (Å²) in [4.78, 5) is 40.8. The number of carbonyl (C=O) groups excluding carboxylic acids is 2. The lowest BCUT2D eigenvalue weighted by Gasteiger charge is -2.42. The predicted octanol–water partition coefficient (Wildman–Crippen LogP) is 2.26. The van der Waals surface area contributed by atoms with Crippen LogP contribution in [0.1, 0.15) is 48.9 Å². The van der Waals surface area contributed by atoms with Crippen molar-refractivity contribution in [1.29, 1.82) is 5.26 Å². The van der Waals surface area contributed by atoms with Crippen LogP contribution in [0.25, 0.3) is 5.57 Å². The maximum atomic E-state index is 14.0. The van der Waals surface area contributed by atoms with E-state index in [2.05, 4.69) is 22.0 Å². The second-order valence-electron chi connectivity index (χ2n) is 10.5. The Morgan fingerprint density at radius 2 is 1.97 bits per heavy atom. The van der Waals surface area contributed by atoms with E-state index in [0.29, 0.717) is 36.5 Å². The number of nitriles is 1. The standard InChI is InChI=1S/C28H31FN6O3/c1-3-4-20-24-21-9-19(12-31-11-18-7-5-17(10-30)6-8-18)27(38)35(14-23(36)34-15-28(2,29)16-34)25(21)32-13-22(24)33-26(20)37/h5-9,20,31-32H,3-4,11-16H2,1-2H3,(H,33,37). The number of hydrogen-bond donors (Lipinski definition) is 3. The molecule has 1 unspecified atom stereocenters. The molecule has 1 saturated heterocycles. The van der Waals surface area contributed by atoms with E-state index in [1.54, 1.807) is 12.1 Å². The van der Waals surface area contributed by atoms with E-state index in [9.17, 15) is 18.8 Å². The van der Waals surface area contributed by atoms with Crippen LogP contribution in [0, 0.1) is 17.2 Å². The summed E-state index contributed by atoms with van der Waals surface area (Å²) in [6.07, 6.45) is 1.50. The van der Waals surface area contributed by atoms with Gasteiger partial charge in [-0.15, -0.1) is 0 Å². The van der Waals surface area contributed by atoms with Gasteiger partial charge in [0.15, 0.2) is 0 Å². The number of rotatable bonds is 8. The molecular weight excluding hydrogens is 487 g/mol. The number of alkyl halides is 1. The summed E-state index contributed by atoms with van der Waals surface area (Å²) in [7, 11) is 0. The van der Waals surface area contributed by atoms with Gasteiger partial charge in [-0.3, -0.25) is 19.0 Å². The van der Waals surface area contributed by atoms with Crippen molar-refractivity contribution in [2.24, 2.45) is 5.92 Å². The van der Waals surface area contributed by atoms with E-state index < -0.39 is 5.67 Å². The first-order valence-electron chi connectivity index (χ1n) is 12.9. The molecule has 0 radical (unpaired) electrons. The number of aromatic nitrogens is 1. The van der Waals surface area contributed by atoms with Crippen molar-refractivity contribution in [3.63, 3.8) is 0 Å². The number of nitrogens with one attached hydrogen (secondary N) is 3. The lowest BCUT2D eigenvalue weighted by Crippen LogP contribution is -2.60. The number of anilines is 1. The Bertz CT molecular complexity index is 1410. The molecule has 0 saturated carbocycles. The topological polar surface area (TPSA) is 119 Å². The van der Waals surface area contributed by atoms with Gasteiger partial charge in [-0.05, 0) is 42.7 Å². The number of nitrogens with zero attached hydrogens (tertiary/aromatic N) is 3. The molecule has 1 aromatic carbocycles. The van der Waals surface area contributed by atoms with Crippen molar-refractivity contribution in [1.82, 2.24) is 20.1 Å². The maximum Gasteiger partial charge on any atom is 0.257 e. The van der Waals surface area contributed by atoms with Gasteiger partial charge in [0.05, 0.1) is 37.2 Å². The highest BCUT2D eigenvalue weighted by Crippen LogP contribution is 2.40. The van der Waals surface area contributed by atoms with Crippen LogP contribution >= 0.6 is 0 Å². The molecule has 2 amide bonds. The molecule has 1 atom stereocenters. The minimum Gasteiger partial charge on any atom is -0.365 e. The van der Waals surface area contributed by atoms with E-state index in [4.69, 9.17) is 5.26 Å². The fourth-order valence-corrected chi connectivity index (χ4v) is 5.47. The zero-order chi connectivity index (χ0) is 27.0. The van der Waals surface area contributed by atoms with Crippen molar-refractivity contribution in [2.75, 3.05) is 25.0 Å². The van der Waals surface area contributed by atoms with E-state index in [-0.39, 0.29) is 49.5 Å². The highest BCUT2D eigenvalue weighted by molar-refractivity contribution is 6.02. The van der Waals surface area contributed by atoms with Crippen molar-refractivity contribution in [3.8, 4) is 6.07 Å². The smallest absolute Gasteiger partial charge is 0.257 e. The van der Waals surface area contributed by atoms with Crippen LogP contribution in [0.3, 0.4) is 0 Å². The Morgan fingerprint density at radius 1 is 1.24 bits per heavy atom. The molecule has 3 N–H and O–H groups in total. The highest BCUT2D eigenvalue weighted by atomic mass is 19.1. The molecular formula is C28H31FN6O3. The fraction of sp³-hybridized carbons (Fsp3) is 0.429. The van der Waals surface area contributed by atoms with Crippen LogP contribution in [0.2, 0.25) is 0 Å². The van der Waals surface area contributed by atoms with Crippen molar-refractivity contribution < 1.29 is 14.0 Å². The number of benzene rings is 1. The van der Waals surface area contributed by atoms with Crippen LogP contribution in [-0.4, -0.2) is 46.6 Å². The Kier molecular flexibility index (Phi) is 6.80. The average Bonchev–Trinajstić information content (AvgIpc) is 3.20. The second kappa shape index (κ2) is 10.1. The Morgan fingerprint density at radius 3 is 2.63 bits per heavy atom. The predicted molar refractivity (Wildman–Crippen MR) is 140 cm³/mol. The number of halogens is 1. The summed E-state index contributed by atoms with van der Waals surface area (Å²) < 4.78 is 15.5. The normalized spacial score (nSPS) is 19.2. The lowest BCUT2D eigenvalue weighted by molar-refractivity contribution is -0.144. The number of fused-ring (bicyclic) bond motifs is 2. The molecule has 38 heavy (non-hydrogen) atoms. The van der Waals surface area contributed by atoms with Gasteiger partial charge in [0.1, 0.15) is 18.0 Å². The van der Waals surface area contributed by atoms with Gasteiger partial charge in [0.2, 0.25) is 11.8 Å². The van der Waals surface area contributed by atoms with Crippen molar-refractivity contribution in [2.45, 2.75) is 52.0 Å². The van der Waals surface area contributed by atoms with Gasteiger partial charge >= 0.3 is 0 Å². The fourth-order valence-electron chi connectivity index (χ4n) is 5.47. The van der Waals surface area contributed by atoms with Gasteiger partial charge < -0.3 is 20.9 Å². The third kappa shape index (κ3) is 4.82. The Hall–Kier alpha value is -3.97. The molecule has 1 fully saturated rings. The van der Waals surface area contributed by atoms with Gasteiger partial charge in [-0.2, -0.15) is 5.26 Å². The summed E-state index contributed by atoms with van der Waals surface area (Å²) in [5.41, 5.74) is 2.70. The SMILES string of the molecule is CCCC1C(=O)NC2=C1c1cc(CNCc3ccc(C#N)cc3)c(=O)n(CC(=O)N3CC(C)(F)C3)c1NC2. The molecule has 5 rings (SSSR count). The number of likely N-dealkylation sites (tertiary alicyclic amines) is 1. The molecule has 2 aromatic rings. The first-order valence-corrected chi connectivity index (χ1v) is 12.9. The van der Waals surface area contributed by atoms with Gasteiger partial charge in [-0.25, -0.2) is 4.39 Å². The maximum absolute atomic E-state index is 14.0. The van der Waals surface area contributed by atoms with Crippen molar-refractivity contribution in [3.05, 3.63) is 68.6 Å². The third-order valence-corrected chi connectivity index (χ3v) is 7.34. The van der Waals surface area contributed by atoms with E-state index >= 15 is 0 Å². The van der Waals surface area contributed by atoms with Crippen molar-refractivity contribution >= 4 is 23.2 Å². The lowest BCUT2D eigenvalue weighted by atomic mass is 9.88. The first-order chi connectivity index (χ1) is 18.2. The van der Waals surface area contributed by atoms with Gasteiger partial charge in [0, 0.05) is 29.9 Å². The van der Waals surface area contributed by atoms with E-state index in [1.807, 2.05) is 25.1 Å². The second-order valence-corrected chi connectivity index (χ2v) is 10.5. The molecule has 3 aliphatic rings. The average molecular weight is 519 g/mol. The monoisotopic (exact) mass is 518 g/mol. The number of carbonyl (C=O) groups is 2. The van der Waals surface area contributed by atoms with Crippen LogP contribution in [0.4, 0.5) is 10.2 Å². The van der Waals surface area contributed by atoms with E-state index in [1.165, 1.54) is 16.4 Å². The minimum absolute atomic E-state index is 0.00827. The molecule has 0 aliphatic carbocycles. The number of pyridine rings is 1. The Labute approximate surface area is 220 Å². The highest BCUT2D eigenvalue weighted by Gasteiger charge is 2.42. The van der Waals surface area contributed by atoms with Crippen LogP contribution < -0.4 is 21.5 Å². The summed E-state index contributed by atoms with van der Waals surface area (Å²) in [6.45, 7) is 4.36. The summed E-state index contributed by atoms with van der Waals surface area (Å²) >= 11 is 0. The number of hydrogen-bond acceptors (Lipinski definition) is 6. The van der Waals surface area contributed by atoms with Gasteiger partial charge in [-0.1, -0.05) is 25.5 Å². The minimum atomic E-state index is -1.40. The quantitative estimate of drug-likeness (QED) is 0.493. The van der Waals surface area contributed by atoms with Crippen LogP contribution in [0.15, 0.2) is 40.8 Å². The zero-order valence-corrected chi connectivity index (χ0v) is 21.6. The van der Waals surface area contributed by atoms with Crippen LogP contribution in [-0.2, 0) is 29.2 Å². The third-order valence-electron chi connectivity index (χ3n) is 7.34. The summed E-state index contributed by atoms with van der Waals surface area (Å²) in [5.74, 6) is -0.179. The molecule has 3 aliphatic heterocycles. The van der Waals surface area contributed by atoms with Crippen LogP contribution in [0.5, 0.6) is 0 Å². The Balaban J connectivity index is 1.47. The molecule has 0 spiro atoms. The van der Waals surface area contributed by atoms with E-state index in [0.717, 1.165) is 28.8 Å². The molecule has 4 heterocycles. The van der Waals surface area contributed by atoms with Gasteiger partial charge in [0.25, 0.3) is 5.56 Å². The summed E-state index contributed by atoms with van der Waals surface area (Å²) in [5, 5.41) is 18.5. The molecule has 198 valence electrons. The molecule has 0 bridgehead atoms. The molecule has 9 nitrogen and oxygen atoms in total. The zero-order valence-electron chi connectivity index (χ0n) is 21.6. The number of amides is 2. The first kappa shape index (κ1) is 25.7. The largest absolute Gasteiger partial charge is 0.365 e. The molecule has 1 aromatic heterocycles. The summed E-state index contributed by atoms with van der Waals surface area (Å²) in [6, 6.07) is 11.1.